The summed E-state index contributed by atoms with van der Waals surface area (Å²) in [6, 6.07) is 7.14. The van der Waals surface area contributed by atoms with Gasteiger partial charge in [0, 0.05) is 12.2 Å². The van der Waals surface area contributed by atoms with Crippen LogP contribution < -0.4 is 15.8 Å². The molecule has 1 aromatic rings. The molecule has 0 bridgehead atoms. The van der Waals surface area contributed by atoms with E-state index in [2.05, 4.69) is 10.3 Å². The van der Waals surface area contributed by atoms with Crippen LogP contribution in [0.4, 0.5) is 18.9 Å². The molecular weight excluding hydrogens is 424 g/mol. The summed E-state index contributed by atoms with van der Waals surface area (Å²) in [5, 5.41) is 2.90. The van der Waals surface area contributed by atoms with Crippen molar-refractivity contribution in [2.24, 2.45) is 10.7 Å². The van der Waals surface area contributed by atoms with Gasteiger partial charge in [0.15, 0.2) is 5.96 Å². The van der Waals surface area contributed by atoms with E-state index in [0.29, 0.717) is 19.5 Å². The highest BCUT2D eigenvalue weighted by atomic mass is 127. The number of anilines is 1. The van der Waals surface area contributed by atoms with Gasteiger partial charge in [-0.15, -0.1) is 24.0 Å². The van der Waals surface area contributed by atoms with Crippen LogP contribution >= 0.6 is 24.0 Å². The van der Waals surface area contributed by atoms with Gasteiger partial charge in [-0.3, -0.25) is 9.89 Å². The molecule has 0 aliphatic carbocycles. The summed E-state index contributed by atoms with van der Waals surface area (Å²) in [6.45, 7) is -0.258. The van der Waals surface area contributed by atoms with Crippen LogP contribution in [0.5, 0.6) is 5.75 Å². The Kier molecular flexibility index (Phi) is 9.96. The second-order valence-corrected chi connectivity index (χ2v) is 4.83. The molecule has 0 atom stereocenters. The second-order valence-electron chi connectivity index (χ2n) is 4.83. The first-order valence-corrected chi connectivity index (χ1v) is 6.76. The first-order chi connectivity index (χ1) is 10.3. The van der Waals surface area contributed by atoms with Gasteiger partial charge in [-0.1, -0.05) is 0 Å². The minimum atomic E-state index is -4.17. The molecule has 0 unspecified atom stereocenters. The molecule has 0 spiro atoms. The number of hydrogen-bond acceptors (Lipinski definition) is 3. The zero-order valence-electron chi connectivity index (χ0n) is 13.1. The molecule has 23 heavy (non-hydrogen) atoms. The third-order valence-electron chi connectivity index (χ3n) is 2.79. The molecule has 3 N–H and O–H groups in total. The lowest BCUT2D eigenvalue weighted by Gasteiger charge is -2.17. The Morgan fingerprint density at radius 2 is 1.91 bits per heavy atom. The Bertz CT molecular complexity index is 480. The number of alkyl halides is 3. The van der Waals surface area contributed by atoms with Crippen LogP contribution in [0.15, 0.2) is 29.3 Å². The summed E-state index contributed by atoms with van der Waals surface area (Å²) in [5.41, 5.74) is 6.47. The summed E-state index contributed by atoms with van der Waals surface area (Å²) in [6.07, 6.45) is -3.68. The van der Waals surface area contributed by atoms with E-state index in [9.17, 15) is 13.2 Å². The van der Waals surface area contributed by atoms with Gasteiger partial charge in [0.25, 0.3) is 0 Å². The molecule has 0 aliphatic rings. The number of nitrogens with two attached hydrogens (primary N) is 1. The molecular formula is C14H22F3IN4O. The number of nitrogens with zero attached hydrogens (tertiary/aromatic N) is 2. The fourth-order valence-corrected chi connectivity index (χ4v) is 1.79. The van der Waals surface area contributed by atoms with Crippen molar-refractivity contribution in [3.05, 3.63) is 24.3 Å². The highest BCUT2D eigenvalue weighted by Gasteiger charge is 2.28. The molecule has 0 saturated heterocycles. The van der Waals surface area contributed by atoms with E-state index in [4.69, 9.17) is 10.5 Å². The molecule has 132 valence electrons. The standard InChI is InChI=1S/C14H21F3N4O.HI/c1-21(10-14(15,16)17)9-3-8-19-13(18)20-11-4-6-12(22-2)7-5-11;/h4-7H,3,8-10H2,1-2H3,(H3,18,19,20);1H. The van der Waals surface area contributed by atoms with Gasteiger partial charge in [0.2, 0.25) is 0 Å². The van der Waals surface area contributed by atoms with Crippen LogP contribution in [0.1, 0.15) is 6.42 Å². The number of hydrogen-bond donors (Lipinski definition) is 2. The van der Waals surface area contributed by atoms with E-state index in [0.717, 1.165) is 11.4 Å². The lowest BCUT2D eigenvalue weighted by Crippen LogP contribution is -2.32. The Morgan fingerprint density at radius 3 is 2.43 bits per heavy atom. The summed E-state index contributed by atoms with van der Waals surface area (Å²) in [7, 11) is 3.00. The molecule has 0 radical (unpaired) electrons. The number of nitrogens with one attached hydrogen (secondary N) is 1. The zero-order valence-corrected chi connectivity index (χ0v) is 15.4. The molecule has 1 rings (SSSR count). The highest BCUT2D eigenvalue weighted by molar-refractivity contribution is 14.0. The SMILES string of the molecule is COc1ccc(NC(N)=NCCCN(C)CC(F)(F)F)cc1.I. The number of methoxy groups -OCH3 is 1. The molecule has 9 heteroatoms. The maximum absolute atomic E-state index is 12.1. The van der Waals surface area contributed by atoms with Crippen LogP contribution in [-0.2, 0) is 0 Å². The van der Waals surface area contributed by atoms with Gasteiger partial charge in [-0.25, -0.2) is 0 Å². The predicted octanol–water partition coefficient (Wildman–Crippen LogP) is 2.92. The van der Waals surface area contributed by atoms with Crippen LogP contribution in [0.2, 0.25) is 0 Å². The van der Waals surface area contributed by atoms with Crippen molar-refractivity contribution < 1.29 is 17.9 Å². The normalized spacial score (nSPS) is 12.0. The lowest BCUT2D eigenvalue weighted by molar-refractivity contribution is -0.143. The number of benzene rings is 1. The lowest BCUT2D eigenvalue weighted by atomic mass is 10.3. The maximum atomic E-state index is 12.1. The average Bonchev–Trinajstić information content (AvgIpc) is 2.42. The molecule has 0 saturated carbocycles. The molecule has 0 fully saturated rings. The van der Waals surface area contributed by atoms with Crippen molar-refractivity contribution in [2.45, 2.75) is 12.6 Å². The van der Waals surface area contributed by atoms with Gasteiger partial charge in [-0.2, -0.15) is 13.2 Å². The molecule has 5 nitrogen and oxygen atoms in total. The van der Waals surface area contributed by atoms with Crippen molar-refractivity contribution in [3.8, 4) is 5.75 Å². The number of guanidine groups is 1. The first kappa shape index (κ1) is 21.8. The van der Waals surface area contributed by atoms with Crippen molar-refractivity contribution in [1.29, 1.82) is 0 Å². The number of ether oxygens (including phenoxy) is 1. The second kappa shape index (κ2) is 10.5. The third-order valence-corrected chi connectivity index (χ3v) is 2.79. The van der Waals surface area contributed by atoms with E-state index >= 15 is 0 Å². The van der Waals surface area contributed by atoms with Crippen molar-refractivity contribution >= 4 is 35.6 Å². The van der Waals surface area contributed by atoms with Crippen LogP contribution in [0.3, 0.4) is 0 Å². The van der Waals surface area contributed by atoms with Gasteiger partial charge in [0.1, 0.15) is 5.75 Å². The zero-order chi connectivity index (χ0) is 16.6. The minimum absolute atomic E-state index is 0. The topological polar surface area (TPSA) is 62.9 Å². The summed E-state index contributed by atoms with van der Waals surface area (Å²) in [5.74, 6) is 0.956. The smallest absolute Gasteiger partial charge is 0.401 e. The number of rotatable bonds is 7. The summed E-state index contributed by atoms with van der Waals surface area (Å²) < 4.78 is 41.4. The van der Waals surface area contributed by atoms with E-state index in [1.54, 1.807) is 31.4 Å². The Morgan fingerprint density at radius 1 is 1.30 bits per heavy atom. The predicted molar refractivity (Wildman–Crippen MR) is 96.7 cm³/mol. The molecule has 0 aliphatic heterocycles. The van der Waals surface area contributed by atoms with Gasteiger partial charge >= 0.3 is 6.18 Å². The minimum Gasteiger partial charge on any atom is -0.497 e. The average molecular weight is 446 g/mol. The molecule has 0 amide bonds. The quantitative estimate of drug-likeness (QED) is 0.293. The van der Waals surface area contributed by atoms with Gasteiger partial charge in [-0.05, 0) is 44.3 Å². The summed E-state index contributed by atoms with van der Waals surface area (Å²) >= 11 is 0. The molecule has 0 aromatic heterocycles. The Labute approximate surface area is 151 Å². The van der Waals surface area contributed by atoms with E-state index in [1.807, 2.05) is 0 Å². The number of aliphatic imine (C=N–C) groups is 1. The van der Waals surface area contributed by atoms with Crippen molar-refractivity contribution in [2.75, 3.05) is 39.1 Å². The Balaban J connectivity index is 0.00000484. The largest absolute Gasteiger partial charge is 0.497 e. The summed E-state index contributed by atoms with van der Waals surface area (Å²) in [4.78, 5) is 5.29. The van der Waals surface area contributed by atoms with Crippen molar-refractivity contribution in [1.82, 2.24) is 4.90 Å². The van der Waals surface area contributed by atoms with Gasteiger partial charge in [0.05, 0.1) is 13.7 Å². The Hall–Kier alpha value is -1.23. The number of halogens is 4. The van der Waals surface area contributed by atoms with E-state index < -0.39 is 12.7 Å². The van der Waals surface area contributed by atoms with Crippen LogP contribution in [0, 0.1) is 0 Å². The monoisotopic (exact) mass is 446 g/mol. The van der Waals surface area contributed by atoms with E-state index in [1.165, 1.54) is 11.9 Å². The van der Waals surface area contributed by atoms with Crippen molar-refractivity contribution in [3.63, 3.8) is 0 Å². The van der Waals surface area contributed by atoms with Crippen LogP contribution in [0.25, 0.3) is 0 Å². The molecule has 1 aromatic carbocycles. The van der Waals surface area contributed by atoms with Gasteiger partial charge < -0.3 is 15.8 Å². The fraction of sp³-hybridized carbons (Fsp3) is 0.500. The first-order valence-electron chi connectivity index (χ1n) is 6.76. The maximum Gasteiger partial charge on any atom is 0.401 e. The highest BCUT2D eigenvalue weighted by Crippen LogP contribution is 2.16. The third kappa shape index (κ3) is 10.2. The van der Waals surface area contributed by atoms with Crippen LogP contribution in [-0.4, -0.2) is 50.8 Å². The van der Waals surface area contributed by atoms with E-state index in [-0.39, 0.29) is 29.9 Å². The fourth-order valence-electron chi connectivity index (χ4n) is 1.79. The molecule has 0 heterocycles.